The Morgan fingerprint density at radius 1 is 0.846 bits per heavy atom. The minimum absolute atomic E-state index is 0.123. The Bertz CT molecular complexity index is 1540. The third-order valence-electron chi connectivity index (χ3n) is 6.01. The van der Waals surface area contributed by atoms with Crippen LogP contribution in [0.3, 0.4) is 0 Å². The summed E-state index contributed by atoms with van der Waals surface area (Å²) >= 11 is 5.85. The number of hydrogen-bond donors (Lipinski definition) is 3. The van der Waals surface area contributed by atoms with Crippen LogP contribution in [0.15, 0.2) is 84.9 Å². The van der Waals surface area contributed by atoms with Gasteiger partial charge in [-0.2, -0.15) is 13.2 Å². The van der Waals surface area contributed by atoms with Crippen molar-refractivity contribution in [2.45, 2.75) is 18.6 Å². The first-order valence-corrected chi connectivity index (χ1v) is 11.9. The van der Waals surface area contributed by atoms with E-state index >= 15 is 0 Å². The Hall–Kier alpha value is -4.37. The molecule has 4 aromatic carbocycles. The van der Waals surface area contributed by atoms with Crippen molar-refractivity contribution in [1.82, 2.24) is 5.32 Å². The van der Waals surface area contributed by atoms with E-state index in [1.54, 1.807) is 0 Å². The average Bonchev–Trinajstić information content (AvgIpc) is 2.89. The lowest BCUT2D eigenvalue weighted by atomic mass is 9.97. The van der Waals surface area contributed by atoms with E-state index in [9.17, 15) is 37.4 Å². The van der Waals surface area contributed by atoms with Gasteiger partial charge in [-0.15, -0.1) is 0 Å². The first kappa shape index (κ1) is 27.7. The zero-order valence-electron chi connectivity index (χ0n) is 20.0. The van der Waals surface area contributed by atoms with E-state index in [-0.39, 0.29) is 16.3 Å². The number of halogens is 5. The van der Waals surface area contributed by atoms with Crippen LogP contribution in [-0.2, 0) is 11.0 Å². The van der Waals surface area contributed by atoms with Gasteiger partial charge < -0.3 is 15.5 Å². The highest BCUT2D eigenvalue weighted by Gasteiger charge is 2.30. The maximum atomic E-state index is 13.6. The molecule has 0 aliphatic rings. The molecule has 1 atom stereocenters. The van der Waals surface area contributed by atoms with Crippen molar-refractivity contribution in [2.75, 3.05) is 0 Å². The van der Waals surface area contributed by atoms with E-state index in [2.05, 4.69) is 5.32 Å². The van der Waals surface area contributed by atoms with Gasteiger partial charge in [0.1, 0.15) is 11.6 Å². The lowest BCUT2D eigenvalue weighted by Crippen LogP contribution is -2.30. The highest BCUT2D eigenvalue weighted by molar-refractivity contribution is 6.31. The molecule has 0 radical (unpaired) electrons. The molecule has 0 aromatic heterocycles. The third-order valence-corrected chi connectivity index (χ3v) is 6.30. The topological polar surface area (TPSA) is 86.6 Å². The predicted octanol–water partition coefficient (Wildman–Crippen LogP) is 7.48. The Kier molecular flexibility index (Phi) is 7.92. The number of nitrogens with one attached hydrogen (secondary N) is 1. The molecule has 200 valence electrons. The highest BCUT2D eigenvalue weighted by atomic mass is 35.5. The van der Waals surface area contributed by atoms with E-state index in [0.717, 1.165) is 18.2 Å². The molecule has 0 saturated heterocycles. The molecule has 0 heterocycles. The SMILES string of the molecule is O=C(O)CC(NC(=O)c1cc(-c2ccc(F)c(Cl)c2)ccc1O)c1ccc(-c2cccc(C(F)(F)F)c2)cc1. The van der Waals surface area contributed by atoms with E-state index in [0.29, 0.717) is 27.8 Å². The summed E-state index contributed by atoms with van der Waals surface area (Å²) < 4.78 is 52.8. The number of phenolic OH excluding ortho intramolecular Hbond substituents is 1. The van der Waals surface area contributed by atoms with Crippen molar-refractivity contribution in [2.24, 2.45) is 0 Å². The first-order chi connectivity index (χ1) is 18.4. The molecule has 1 amide bonds. The smallest absolute Gasteiger partial charge is 0.416 e. The van der Waals surface area contributed by atoms with Crippen LogP contribution in [-0.4, -0.2) is 22.1 Å². The summed E-state index contributed by atoms with van der Waals surface area (Å²) in [6.45, 7) is 0. The maximum absolute atomic E-state index is 13.6. The summed E-state index contributed by atoms with van der Waals surface area (Å²) in [5, 5.41) is 22.2. The standard InChI is InChI=1S/C29H20ClF4NO4/c30-23-14-20(8-10-24(23)31)19-9-11-26(36)22(13-19)28(39)35-25(15-27(37)38)17-6-4-16(5-7-17)18-2-1-3-21(12-18)29(32,33)34/h1-14,25,36H,15H2,(H,35,39)(H,37,38). The van der Waals surface area contributed by atoms with Gasteiger partial charge in [0.25, 0.3) is 5.91 Å². The van der Waals surface area contributed by atoms with Gasteiger partial charge in [0.15, 0.2) is 0 Å². The van der Waals surface area contributed by atoms with E-state index < -0.39 is 41.9 Å². The number of carbonyl (C=O) groups is 2. The van der Waals surface area contributed by atoms with E-state index in [1.165, 1.54) is 66.7 Å². The molecule has 5 nitrogen and oxygen atoms in total. The second kappa shape index (κ2) is 11.2. The summed E-state index contributed by atoms with van der Waals surface area (Å²) in [7, 11) is 0. The van der Waals surface area contributed by atoms with Crippen LogP contribution in [0.4, 0.5) is 17.6 Å². The van der Waals surface area contributed by atoms with E-state index in [1.807, 2.05) is 0 Å². The van der Waals surface area contributed by atoms with Gasteiger partial charge in [-0.1, -0.05) is 60.1 Å². The molecule has 4 aromatic rings. The first-order valence-electron chi connectivity index (χ1n) is 11.5. The fourth-order valence-corrected chi connectivity index (χ4v) is 4.20. The number of alkyl halides is 3. The largest absolute Gasteiger partial charge is 0.507 e. The third kappa shape index (κ3) is 6.56. The van der Waals surface area contributed by atoms with Crippen LogP contribution in [0.25, 0.3) is 22.3 Å². The molecule has 0 saturated carbocycles. The summed E-state index contributed by atoms with van der Waals surface area (Å²) in [5.74, 6) is -2.96. The van der Waals surface area contributed by atoms with E-state index in [4.69, 9.17) is 11.6 Å². The number of amides is 1. The molecule has 0 spiro atoms. The molecule has 0 aliphatic heterocycles. The molecular formula is C29H20ClF4NO4. The van der Waals surface area contributed by atoms with Crippen molar-refractivity contribution in [3.05, 3.63) is 112 Å². The maximum Gasteiger partial charge on any atom is 0.416 e. The second-order valence-corrected chi connectivity index (χ2v) is 9.09. The number of carbonyl (C=O) groups excluding carboxylic acids is 1. The summed E-state index contributed by atoms with van der Waals surface area (Å²) in [6, 6.07) is 18.0. The number of carboxylic acids is 1. The van der Waals surface area contributed by atoms with Crippen molar-refractivity contribution in [3.63, 3.8) is 0 Å². The summed E-state index contributed by atoms with van der Waals surface area (Å²) in [6.07, 6.45) is -5.00. The fraction of sp³-hybridized carbons (Fsp3) is 0.103. The van der Waals surface area contributed by atoms with Gasteiger partial charge in [0, 0.05) is 0 Å². The minimum Gasteiger partial charge on any atom is -0.507 e. The zero-order valence-corrected chi connectivity index (χ0v) is 20.7. The molecule has 4 rings (SSSR count). The quantitative estimate of drug-likeness (QED) is 0.206. The molecule has 1 unspecified atom stereocenters. The monoisotopic (exact) mass is 557 g/mol. The predicted molar refractivity (Wildman–Crippen MR) is 138 cm³/mol. The minimum atomic E-state index is -4.50. The van der Waals surface area contributed by atoms with Crippen molar-refractivity contribution in [1.29, 1.82) is 0 Å². The zero-order chi connectivity index (χ0) is 28.3. The number of aromatic hydroxyl groups is 1. The van der Waals surface area contributed by atoms with Crippen LogP contribution in [0.1, 0.15) is 33.9 Å². The number of carboxylic acid groups (broad SMARTS) is 1. The number of rotatable bonds is 7. The van der Waals surface area contributed by atoms with Crippen LogP contribution in [0.2, 0.25) is 5.02 Å². The molecule has 0 aliphatic carbocycles. The Morgan fingerprint density at radius 2 is 1.46 bits per heavy atom. The van der Waals surface area contributed by atoms with Gasteiger partial charge in [-0.25, -0.2) is 4.39 Å². The van der Waals surface area contributed by atoms with Crippen molar-refractivity contribution in [3.8, 4) is 28.0 Å². The van der Waals surface area contributed by atoms with Crippen LogP contribution in [0.5, 0.6) is 5.75 Å². The summed E-state index contributed by atoms with van der Waals surface area (Å²) in [4.78, 5) is 24.6. The molecule has 0 fully saturated rings. The summed E-state index contributed by atoms with van der Waals surface area (Å²) in [5.41, 5.74) is 1.17. The highest BCUT2D eigenvalue weighted by Crippen LogP contribution is 2.33. The average molecular weight is 558 g/mol. The van der Waals surface area contributed by atoms with Crippen molar-refractivity contribution < 1.29 is 37.4 Å². The number of aliphatic carboxylic acids is 1. The number of benzene rings is 4. The van der Waals surface area contributed by atoms with Gasteiger partial charge in [-0.05, 0) is 64.2 Å². The van der Waals surface area contributed by atoms with Crippen LogP contribution in [0, 0.1) is 5.82 Å². The van der Waals surface area contributed by atoms with Gasteiger partial charge in [0.2, 0.25) is 0 Å². The van der Waals surface area contributed by atoms with Gasteiger partial charge in [0.05, 0.1) is 28.6 Å². The van der Waals surface area contributed by atoms with Crippen molar-refractivity contribution >= 4 is 23.5 Å². The Morgan fingerprint density at radius 3 is 2.10 bits per heavy atom. The molecule has 39 heavy (non-hydrogen) atoms. The number of hydrogen-bond acceptors (Lipinski definition) is 3. The Balaban J connectivity index is 1.60. The fourth-order valence-electron chi connectivity index (χ4n) is 4.02. The molecule has 10 heteroatoms. The van der Waals surface area contributed by atoms with Crippen LogP contribution < -0.4 is 5.32 Å². The lowest BCUT2D eigenvalue weighted by Gasteiger charge is -2.19. The molecular weight excluding hydrogens is 538 g/mol. The van der Waals surface area contributed by atoms with Gasteiger partial charge in [-0.3, -0.25) is 9.59 Å². The lowest BCUT2D eigenvalue weighted by molar-refractivity contribution is -0.138. The van der Waals surface area contributed by atoms with Gasteiger partial charge >= 0.3 is 12.1 Å². The number of phenols is 1. The molecule has 0 bridgehead atoms. The van der Waals surface area contributed by atoms with Crippen LogP contribution >= 0.6 is 11.6 Å². The Labute approximate surface area is 225 Å². The second-order valence-electron chi connectivity index (χ2n) is 8.69. The molecule has 3 N–H and O–H groups in total. The normalized spacial score (nSPS) is 12.1.